The van der Waals surface area contributed by atoms with E-state index in [2.05, 4.69) is 16.2 Å². The molecule has 0 saturated carbocycles. The van der Waals surface area contributed by atoms with Crippen molar-refractivity contribution in [1.29, 1.82) is 5.26 Å². The van der Waals surface area contributed by atoms with Gasteiger partial charge in [-0.1, -0.05) is 44.2 Å². The van der Waals surface area contributed by atoms with Gasteiger partial charge in [-0.25, -0.2) is 0 Å². The number of benzene rings is 2. The normalized spacial score (nSPS) is 11.0. The van der Waals surface area contributed by atoms with Gasteiger partial charge in [0.15, 0.2) is 5.65 Å². The number of nitrogens with one attached hydrogen (secondary N) is 1. The molecule has 6 nitrogen and oxygen atoms in total. The summed E-state index contributed by atoms with van der Waals surface area (Å²) < 4.78 is 7.11. The molecule has 0 unspecified atom stereocenters. The average molecular weight is 384 g/mol. The number of rotatable bonds is 5. The molecular weight excluding hydrogens is 364 g/mol. The predicted octanol–water partition coefficient (Wildman–Crippen LogP) is 4.26. The zero-order valence-corrected chi connectivity index (χ0v) is 16.2. The Morgan fingerprint density at radius 1 is 1.14 bits per heavy atom. The fraction of sp³-hybridized carbons (Fsp3) is 0.174. The van der Waals surface area contributed by atoms with Crippen LogP contribution >= 0.6 is 0 Å². The van der Waals surface area contributed by atoms with Gasteiger partial charge in [-0.2, -0.15) is 14.9 Å². The summed E-state index contributed by atoms with van der Waals surface area (Å²) in [7, 11) is 0. The Balaban J connectivity index is 1.71. The van der Waals surface area contributed by atoms with Crippen LogP contribution in [0, 0.1) is 11.3 Å². The fourth-order valence-corrected chi connectivity index (χ4v) is 3.33. The van der Waals surface area contributed by atoms with Crippen molar-refractivity contribution in [2.45, 2.75) is 26.4 Å². The molecule has 0 atom stereocenters. The van der Waals surface area contributed by atoms with Gasteiger partial charge in [-0.3, -0.25) is 4.79 Å². The number of aromatic amines is 1. The molecule has 0 fully saturated rings. The van der Waals surface area contributed by atoms with Crippen molar-refractivity contribution in [1.82, 2.24) is 14.6 Å². The fourth-order valence-electron chi connectivity index (χ4n) is 3.33. The lowest BCUT2D eigenvalue weighted by atomic mass is 9.98. The summed E-state index contributed by atoms with van der Waals surface area (Å²) >= 11 is 0. The molecule has 2 heterocycles. The van der Waals surface area contributed by atoms with Crippen molar-refractivity contribution < 1.29 is 4.74 Å². The lowest BCUT2D eigenvalue weighted by Crippen LogP contribution is -2.22. The Hall–Kier alpha value is -3.85. The SMILES string of the molecule is CC(C)c1c(-c2ccc(OCc3ccccc3)cc2)[nH]c2c(C#N)cnn2c1=O. The Labute approximate surface area is 168 Å². The predicted molar refractivity (Wildman–Crippen MR) is 111 cm³/mol. The summed E-state index contributed by atoms with van der Waals surface area (Å²) in [5.41, 5.74) is 3.80. The van der Waals surface area contributed by atoms with Gasteiger partial charge >= 0.3 is 0 Å². The molecule has 144 valence electrons. The van der Waals surface area contributed by atoms with Crippen molar-refractivity contribution >= 4 is 5.65 Å². The largest absolute Gasteiger partial charge is 0.489 e. The van der Waals surface area contributed by atoms with E-state index in [4.69, 9.17) is 4.74 Å². The highest BCUT2D eigenvalue weighted by Crippen LogP contribution is 2.28. The number of hydrogen-bond acceptors (Lipinski definition) is 4. The van der Waals surface area contributed by atoms with Crippen molar-refractivity contribution in [3.05, 3.63) is 87.8 Å². The van der Waals surface area contributed by atoms with E-state index in [0.717, 1.165) is 16.9 Å². The van der Waals surface area contributed by atoms with Crippen molar-refractivity contribution in [3.8, 4) is 23.1 Å². The number of ether oxygens (including phenoxy) is 1. The molecule has 0 bridgehead atoms. The molecule has 4 aromatic rings. The van der Waals surface area contributed by atoms with Crippen LogP contribution in [0.3, 0.4) is 0 Å². The number of hydrogen-bond donors (Lipinski definition) is 1. The molecular formula is C23H20N4O2. The molecule has 2 aromatic carbocycles. The van der Waals surface area contributed by atoms with E-state index in [9.17, 15) is 10.1 Å². The van der Waals surface area contributed by atoms with Gasteiger partial charge in [0.2, 0.25) is 0 Å². The summed E-state index contributed by atoms with van der Waals surface area (Å²) in [5, 5.41) is 13.4. The Morgan fingerprint density at radius 2 is 1.86 bits per heavy atom. The number of nitrogens with zero attached hydrogens (tertiary/aromatic N) is 3. The Morgan fingerprint density at radius 3 is 2.52 bits per heavy atom. The monoisotopic (exact) mass is 384 g/mol. The van der Waals surface area contributed by atoms with Gasteiger partial charge in [0.1, 0.15) is 24.0 Å². The molecule has 0 saturated heterocycles. The zero-order chi connectivity index (χ0) is 20.4. The molecule has 4 rings (SSSR count). The van der Waals surface area contributed by atoms with E-state index in [1.165, 1.54) is 10.7 Å². The second-order valence-electron chi connectivity index (χ2n) is 7.10. The quantitative estimate of drug-likeness (QED) is 0.557. The molecule has 0 amide bonds. The maximum Gasteiger partial charge on any atom is 0.278 e. The van der Waals surface area contributed by atoms with Crippen LogP contribution in [-0.2, 0) is 6.61 Å². The first kappa shape index (κ1) is 18.5. The molecule has 0 aliphatic rings. The van der Waals surface area contributed by atoms with E-state index in [1.807, 2.05) is 68.4 Å². The molecule has 2 aromatic heterocycles. The van der Waals surface area contributed by atoms with Crippen molar-refractivity contribution in [2.75, 3.05) is 0 Å². The third-order valence-corrected chi connectivity index (χ3v) is 4.79. The average Bonchev–Trinajstić information content (AvgIpc) is 3.16. The maximum atomic E-state index is 13.0. The topological polar surface area (TPSA) is 83.2 Å². The van der Waals surface area contributed by atoms with E-state index in [1.54, 1.807) is 0 Å². The van der Waals surface area contributed by atoms with E-state index < -0.39 is 0 Å². The highest BCUT2D eigenvalue weighted by atomic mass is 16.5. The summed E-state index contributed by atoms with van der Waals surface area (Å²) in [6.45, 7) is 4.42. The summed E-state index contributed by atoms with van der Waals surface area (Å²) in [4.78, 5) is 16.2. The third-order valence-electron chi connectivity index (χ3n) is 4.79. The number of H-pyrrole nitrogens is 1. The van der Waals surface area contributed by atoms with Gasteiger partial charge < -0.3 is 9.72 Å². The summed E-state index contributed by atoms with van der Waals surface area (Å²) in [6, 6.07) is 19.6. The van der Waals surface area contributed by atoms with Gasteiger partial charge in [0, 0.05) is 5.56 Å². The first-order valence-electron chi connectivity index (χ1n) is 9.39. The second kappa shape index (κ2) is 7.64. The van der Waals surface area contributed by atoms with Crippen LogP contribution in [0.5, 0.6) is 5.75 Å². The summed E-state index contributed by atoms with van der Waals surface area (Å²) in [6.07, 6.45) is 1.40. The van der Waals surface area contributed by atoms with Crippen molar-refractivity contribution in [3.63, 3.8) is 0 Å². The number of nitriles is 1. The van der Waals surface area contributed by atoms with Crippen LogP contribution in [0.25, 0.3) is 16.9 Å². The third kappa shape index (κ3) is 3.50. The van der Waals surface area contributed by atoms with E-state index in [0.29, 0.717) is 29.1 Å². The molecule has 29 heavy (non-hydrogen) atoms. The molecule has 6 heteroatoms. The highest BCUT2D eigenvalue weighted by Gasteiger charge is 2.19. The van der Waals surface area contributed by atoms with Crippen LogP contribution in [0.4, 0.5) is 0 Å². The summed E-state index contributed by atoms with van der Waals surface area (Å²) in [5.74, 6) is 0.732. The molecule has 0 radical (unpaired) electrons. The number of aromatic nitrogens is 3. The van der Waals surface area contributed by atoms with Gasteiger partial charge in [-0.05, 0) is 41.3 Å². The van der Waals surface area contributed by atoms with E-state index in [-0.39, 0.29) is 11.5 Å². The first-order valence-corrected chi connectivity index (χ1v) is 9.39. The van der Waals surface area contributed by atoms with Crippen LogP contribution in [0.2, 0.25) is 0 Å². The molecule has 0 aliphatic carbocycles. The molecule has 0 spiro atoms. The van der Waals surface area contributed by atoms with Crippen LogP contribution in [0.1, 0.15) is 36.5 Å². The minimum atomic E-state index is -0.213. The standard InChI is InChI=1S/C23H20N4O2/c1-15(2)20-21(26-22-18(12-24)13-25-27(22)23(20)28)17-8-10-19(11-9-17)29-14-16-6-4-3-5-7-16/h3-11,13,15,26H,14H2,1-2H3. The van der Waals surface area contributed by atoms with Gasteiger partial charge in [-0.15, -0.1) is 0 Å². The first-order chi connectivity index (χ1) is 14.1. The lowest BCUT2D eigenvalue weighted by Gasteiger charge is -2.14. The minimum Gasteiger partial charge on any atom is -0.489 e. The molecule has 1 N–H and O–H groups in total. The Bertz CT molecular complexity index is 1250. The van der Waals surface area contributed by atoms with Gasteiger partial charge in [0.05, 0.1) is 11.9 Å². The highest BCUT2D eigenvalue weighted by molar-refractivity contribution is 5.68. The Kier molecular flexibility index (Phi) is 4.88. The second-order valence-corrected chi connectivity index (χ2v) is 7.10. The van der Waals surface area contributed by atoms with Crippen LogP contribution < -0.4 is 10.3 Å². The maximum absolute atomic E-state index is 13.0. The lowest BCUT2D eigenvalue weighted by molar-refractivity contribution is 0.306. The van der Waals surface area contributed by atoms with E-state index >= 15 is 0 Å². The van der Waals surface area contributed by atoms with Crippen molar-refractivity contribution in [2.24, 2.45) is 0 Å². The molecule has 0 aliphatic heterocycles. The zero-order valence-electron chi connectivity index (χ0n) is 16.2. The number of fused-ring (bicyclic) bond motifs is 1. The van der Waals surface area contributed by atoms with Crippen LogP contribution in [-0.4, -0.2) is 14.6 Å². The smallest absolute Gasteiger partial charge is 0.278 e. The van der Waals surface area contributed by atoms with Crippen LogP contribution in [0.15, 0.2) is 65.6 Å². The minimum absolute atomic E-state index is 0.0121. The van der Waals surface area contributed by atoms with Gasteiger partial charge in [0.25, 0.3) is 5.56 Å².